The lowest BCUT2D eigenvalue weighted by Gasteiger charge is -2.19. The molecule has 0 saturated carbocycles. The van der Waals surface area contributed by atoms with Crippen LogP contribution < -0.4 is 0 Å². The molecule has 0 spiro atoms. The number of ether oxygens (including phenoxy) is 1. The maximum absolute atomic E-state index is 12.4. The third-order valence-corrected chi connectivity index (χ3v) is 5.46. The lowest BCUT2D eigenvalue weighted by atomic mass is 9.84. The molecule has 2 atom stereocenters. The van der Waals surface area contributed by atoms with Gasteiger partial charge in [0.15, 0.2) is 6.29 Å². The molecule has 1 fully saturated rings. The Bertz CT molecular complexity index is 647. The van der Waals surface area contributed by atoms with E-state index in [-0.39, 0.29) is 5.92 Å². The molecule has 4 nitrogen and oxygen atoms in total. The minimum atomic E-state index is 0.0533. The molecule has 0 aliphatic carbocycles. The van der Waals surface area contributed by atoms with E-state index in [0.29, 0.717) is 23.8 Å². The van der Waals surface area contributed by atoms with Crippen LogP contribution in [0.2, 0.25) is 0 Å². The Kier molecular flexibility index (Phi) is 17.0. The maximum Gasteiger partial charge on any atom is 0.167 e. The minimum absolute atomic E-state index is 0.0533. The van der Waals surface area contributed by atoms with Crippen LogP contribution in [0.15, 0.2) is 46.3 Å². The number of nitrogens with zero attached hydrogens (tertiary/aromatic N) is 1. The predicted molar refractivity (Wildman–Crippen MR) is 130 cm³/mol. The molecule has 168 valence electrons. The van der Waals surface area contributed by atoms with Gasteiger partial charge in [-0.1, -0.05) is 39.0 Å². The first-order chi connectivity index (χ1) is 14.6. The highest BCUT2D eigenvalue weighted by atomic mass is 32.2. The van der Waals surface area contributed by atoms with E-state index in [1.165, 1.54) is 10.5 Å². The molecule has 2 unspecified atom stereocenters. The molecule has 5 heteroatoms. The highest BCUT2D eigenvalue weighted by Gasteiger charge is 2.26. The number of aliphatic imine (C=N–C) groups is 1. The molecule has 30 heavy (non-hydrogen) atoms. The minimum Gasteiger partial charge on any atom is -0.381 e. The summed E-state index contributed by atoms with van der Waals surface area (Å²) in [5.41, 5.74) is 1.65. The first kappa shape index (κ1) is 28.3. The number of aldehydes is 1. The number of benzene rings is 1. The summed E-state index contributed by atoms with van der Waals surface area (Å²) in [4.78, 5) is 27.3. The standard InChI is InChI=1S/C17H24O2S.C6H9NO.C2H6/c1-3-4-17(18)16(11-13-9-10-19-12-13)14-5-7-15(20-2)8-6-14;1-3-4-6(5-8)7-2;1-2/h5-8,13,16H,3-4,9-12H2,1-2H3;3-5H,1-2H3;1-2H3/b;4-3-,7-6?;. The van der Waals surface area contributed by atoms with Gasteiger partial charge in [0.1, 0.15) is 5.78 Å². The Balaban J connectivity index is 0.000000712. The first-order valence-corrected chi connectivity index (χ1v) is 12.1. The Morgan fingerprint density at radius 3 is 2.37 bits per heavy atom. The number of allylic oxidation sites excluding steroid dienone is 2. The molecule has 1 heterocycles. The molecule has 1 aliphatic rings. The molecule has 0 amide bonds. The fraction of sp³-hybridized carbons (Fsp3) is 0.560. The lowest BCUT2D eigenvalue weighted by molar-refractivity contribution is -0.121. The number of hydrogen-bond donors (Lipinski definition) is 0. The summed E-state index contributed by atoms with van der Waals surface area (Å²) < 4.78 is 5.46. The Morgan fingerprint density at radius 1 is 1.30 bits per heavy atom. The number of thioether (sulfide) groups is 1. The second kappa shape index (κ2) is 18.1. The van der Waals surface area contributed by atoms with Crippen molar-refractivity contribution in [2.24, 2.45) is 10.9 Å². The molecule has 0 radical (unpaired) electrons. The zero-order valence-corrected chi connectivity index (χ0v) is 20.3. The van der Waals surface area contributed by atoms with Crippen molar-refractivity contribution in [1.29, 1.82) is 0 Å². The van der Waals surface area contributed by atoms with Crippen molar-refractivity contribution >= 4 is 29.5 Å². The van der Waals surface area contributed by atoms with E-state index in [1.807, 2.05) is 20.8 Å². The van der Waals surface area contributed by atoms with E-state index in [1.54, 1.807) is 31.0 Å². The van der Waals surface area contributed by atoms with Crippen LogP contribution in [0.5, 0.6) is 0 Å². The van der Waals surface area contributed by atoms with Gasteiger partial charge in [0.05, 0.1) is 5.71 Å². The number of Topliss-reactive ketones (excluding diaryl/α,β-unsaturated/α-hetero) is 1. The molecular formula is C25H39NO3S. The van der Waals surface area contributed by atoms with Gasteiger partial charge in [0, 0.05) is 37.5 Å². The summed E-state index contributed by atoms with van der Waals surface area (Å²) in [7, 11) is 1.59. The number of hydrogen-bond acceptors (Lipinski definition) is 5. The van der Waals surface area contributed by atoms with Crippen LogP contribution in [-0.2, 0) is 14.3 Å². The Morgan fingerprint density at radius 2 is 1.97 bits per heavy atom. The molecular weight excluding hydrogens is 394 g/mol. The largest absolute Gasteiger partial charge is 0.381 e. The number of carbonyl (C=O) groups is 2. The van der Waals surface area contributed by atoms with Crippen molar-refractivity contribution in [2.75, 3.05) is 26.5 Å². The summed E-state index contributed by atoms with van der Waals surface area (Å²) in [6, 6.07) is 8.49. The van der Waals surface area contributed by atoms with Gasteiger partial charge in [-0.2, -0.15) is 0 Å². The maximum atomic E-state index is 12.4. The second-order valence-electron chi connectivity index (χ2n) is 6.77. The summed E-state index contributed by atoms with van der Waals surface area (Å²) in [6.45, 7) is 9.59. The molecule has 0 aromatic heterocycles. The normalized spacial score (nSPS) is 16.9. The molecule has 2 rings (SSSR count). The van der Waals surface area contributed by atoms with E-state index in [4.69, 9.17) is 4.74 Å². The first-order valence-electron chi connectivity index (χ1n) is 10.9. The van der Waals surface area contributed by atoms with Crippen molar-refractivity contribution in [1.82, 2.24) is 0 Å². The van der Waals surface area contributed by atoms with Crippen LogP contribution >= 0.6 is 11.8 Å². The van der Waals surface area contributed by atoms with Crippen LogP contribution in [0.25, 0.3) is 0 Å². The average Bonchev–Trinajstić information content (AvgIpc) is 3.31. The van der Waals surface area contributed by atoms with Gasteiger partial charge in [-0.3, -0.25) is 14.6 Å². The third-order valence-electron chi connectivity index (χ3n) is 4.71. The van der Waals surface area contributed by atoms with E-state index >= 15 is 0 Å². The van der Waals surface area contributed by atoms with Gasteiger partial charge >= 0.3 is 0 Å². The smallest absolute Gasteiger partial charge is 0.167 e. The van der Waals surface area contributed by atoms with E-state index in [2.05, 4.69) is 42.4 Å². The van der Waals surface area contributed by atoms with Crippen molar-refractivity contribution < 1.29 is 14.3 Å². The monoisotopic (exact) mass is 433 g/mol. The number of ketones is 1. The van der Waals surface area contributed by atoms with Gasteiger partial charge < -0.3 is 4.74 Å². The van der Waals surface area contributed by atoms with Crippen molar-refractivity contribution in [3.63, 3.8) is 0 Å². The van der Waals surface area contributed by atoms with Crippen LogP contribution in [0.1, 0.15) is 64.9 Å². The highest BCUT2D eigenvalue weighted by Crippen LogP contribution is 2.31. The predicted octanol–water partition coefficient (Wildman–Crippen LogP) is 6.15. The van der Waals surface area contributed by atoms with E-state index < -0.39 is 0 Å². The number of carbonyl (C=O) groups excluding carboxylic acids is 2. The third kappa shape index (κ3) is 10.9. The Labute approximate surface area is 187 Å². The lowest BCUT2D eigenvalue weighted by Crippen LogP contribution is -2.17. The van der Waals surface area contributed by atoms with Crippen LogP contribution in [0.4, 0.5) is 0 Å². The van der Waals surface area contributed by atoms with Crippen LogP contribution in [0, 0.1) is 5.92 Å². The number of rotatable bonds is 9. The fourth-order valence-corrected chi connectivity index (χ4v) is 3.56. The average molecular weight is 434 g/mol. The summed E-state index contributed by atoms with van der Waals surface area (Å²) >= 11 is 1.74. The van der Waals surface area contributed by atoms with Crippen molar-refractivity contribution in [3.05, 3.63) is 42.0 Å². The fourth-order valence-electron chi connectivity index (χ4n) is 3.15. The quantitative estimate of drug-likeness (QED) is 0.266. The molecule has 0 bridgehead atoms. The summed E-state index contributed by atoms with van der Waals surface area (Å²) in [5, 5.41) is 0. The summed E-state index contributed by atoms with van der Waals surface area (Å²) in [5.74, 6) is 0.981. The SMILES string of the molecule is C/C=C\C(C=O)=NC.CC.CCCC(=O)C(CC1CCOC1)c1ccc(SC)cc1. The molecule has 1 saturated heterocycles. The van der Waals surface area contributed by atoms with E-state index in [9.17, 15) is 9.59 Å². The van der Waals surface area contributed by atoms with Crippen molar-refractivity contribution in [2.45, 2.75) is 64.2 Å². The summed E-state index contributed by atoms with van der Waals surface area (Å²) in [6.07, 6.45) is 9.88. The molecule has 1 aromatic carbocycles. The van der Waals surface area contributed by atoms with Gasteiger partial charge in [0.25, 0.3) is 0 Å². The zero-order valence-electron chi connectivity index (χ0n) is 19.5. The molecule has 1 aliphatic heterocycles. The molecule has 1 aromatic rings. The van der Waals surface area contributed by atoms with Gasteiger partial charge in [-0.05, 0) is 62.1 Å². The van der Waals surface area contributed by atoms with Gasteiger partial charge in [-0.15, -0.1) is 11.8 Å². The topological polar surface area (TPSA) is 55.7 Å². The van der Waals surface area contributed by atoms with Crippen LogP contribution in [0.3, 0.4) is 0 Å². The van der Waals surface area contributed by atoms with Crippen molar-refractivity contribution in [3.8, 4) is 0 Å². The van der Waals surface area contributed by atoms with Gasteiger partial charge in [0.2, 0.25) is 0 Å². The zero-order chi connectivity index (χ0) is 22.8. The van der Waals surface area contributed by atoms with Gasteiger partial charge in [-0.25, -0.2) is 0 Å². The Hall–Kier alpha value is -1.72. The second-order valence-corrected chi connectivity index (χ2v) is 7.65. The molecule has 0 N–H and O–H groups in total. The van der Waals surface area contributed by atoms with Crippen LogP contribution in [-0.4, -0.2) is 44.3 Å². The highest BCUT2D eigenvalue weighted by molar-refractivity contribution is 7.98. The van der Waals surface area contributed by atoms with E-state index in [0.717, 1.165) is 38.8 Å².